The van der Waals surface area contributed by atoms with Crippen LogP contribution in [-0.4, -0.2) is 31.0 Å². The normalized spacial score (nSPS) is 11.3. The van der Waals surface area contributed by atoms with Crippen LogP contribution in [0.5, 0.6) is 5.75 Å². The Bertz CT molecular complexity index is 859. The smallest absolute Gasteiger partial charge is 0.248 e. The number of benzene rings is 2. The molecule has 2 rings (SSSR count). The van der Waals surface area contributed by atoms with Crippen molar-refractivity contribution in [3.8, 4) is 5.75 Å². The Morgan fingerprint density at radius 1 is 1.06 bits per heavy atom. The van der Waals surface area contributed by atoms with Crippen LogP contribution in [0, 0.1) is 0 Å². The van der Waals surface area contributed by atoms with Crippen LogP contribution in [0.25, 0.3) is 6.08 Å². The summed E-state index contributed by atoms with van der Waals surface area (Å²) in [5.74, 6) is 0.244. The van der Waals surface area contributed by atoms with Crippen LogP contribution in [0.2, 0.25) is 10.0 Å². The van der Waals surface area contributed by atoms with Gasteiger partial charge in [0.25, 0.3) is 0 Å². The van der Waals surface area contributed by atoms with Gasteiger partial charge in [0, 0.05) is 28.9 Å². The van der Waals surface area contributed by atoms with E-state index in [1.165, 1.54) is 44.4 Å². The summed E-state index contributed by atoms with van der Waals surface area (Å²) in [6.45, 7) is 7.62. The number of halogens is 2. The minimum absolute atomic E-state index is 0.238. The molecule has 31 heavy (non-hydrogen) atoms. The highest BCUT2D eigenvalue weighted by molar-refractivity contribution is 6.36. The summed E-state index contributed by atoms with van der Waals surface area (Å²) in [6.07, 6.45) is 7.91. The molecule has 4 nitrogen and oxygen atoms in total. The number of anilines is 1. The highest BCUT2D eigenvalue weighted by Gasteiger charge is 2.09. The molecule has 168 valence electrons. The second-order valence-electron chi connectivity index (χ2n) is 7.51. The molecule has 2 aromatic carbocycles. The molecule has 0 aliphatic rings. The van der Waals surface area contributed by atoms with Crippen LogP contribution in [0.15, 0.2) is 42.5 Å². The van der Waals surface area contributed by atoms with E-state index in [0.29, 0.717) is 21.4 Å². The van der Waals surface area contributed by atoms with E-state index in [1.54, 1.807) is 18.2 Å². The van der Waals surface area contributed by atoms with Gasteiger partial charge in [-0.25, -0.2) is 0 Å². The average Bonchev–Trinajstić information content (AvgIpc) is 2.75. The van der Waals surface area contributed by atoms with Crippen molar-refractivity contribution in [2.24, 2.45) is 0 Å². The fourth-order valence-corrected chi connectivity index (χ4v) is 3.84. The number of nitrogens with zero attached hydrogens (tertiary/aromatic N) is 1. The first-order chi connectivity index (χ1) is 15.0. The Morgan fingerprint density at radius 3 is 2.29 bits per heavy atom. The summed E-state index contributed by atoms with van der Waals surface area (Å²) < 4.78 is 5.30. The molecule has 0 aromatic heterocycles. The molecule has 0 saturated carbocycles. The van der Waals surface area contributed by atoms with Crippen molar-refractivity contribution < 1.29 is 9.53 Å². The third-order valence-electron chi connectivity index (χ3n) is 4.94. The van der Waals surface area contributed by atoms with E-state index in [0.717, 1.165) is 25.3 Å². The van der Waals surface area contributed by atoms with E-state index in [-0.39, 0.29) is 5.91 Å². The molecule has 1 N–H and O–H groups in total. The number of amides is 1. The molecule has 0 fully saturated rings. The molecule has 6 heteroatoms. The predicted octanol–water partition coefficient (Wildman–Crippen LogP) is 7.06. The highest BCUT2D eigenvalue weighted by atomic mass is 35.5. The Hall–Kier alpha value is -2.01. The van der Waals surface area contributed by atoms with Crippen LogP contribution < -0.4 is 10.1 Å². The number of rotatable bonds is 12. The molecule has 0 atom stereocenters. The van der Waals surface area contributed by atoms with Crippen molar-refractivity contribution in [1.29, 1.82) is 0 Å². The lowest BCUT2D eigenvalue weighted by atomic mass is 10.1. The molecule has 0 heterocycles. The summed E-state index contributed by atoms with van der Waals surface area (Å²) in [6, 6.07) is 11.3. The highest BCUT2D eigenvalue weighted by Crippen LogP contribution is 2.33. The minimum Gasteiger partial charge on any atom is -0.495 e. The zero-order valence-corrected chi connectivity index (χ0v) is 20.1. The van der Waals surface area contributed by atoms with Crippen molar-refractivity contribution in [3.05, 3.63) is 63.6 Å². The summed E-state index contributed by atoms with van der Waals surface area (Å²) in [5.41, 5.74) is 2.65. The molecule has 0 aliphatic heterocycles. The zero-order valence-electron chi connectivity index (χ0n) is 18.6. The lowest BCUT2D eigenvalue weighted by Crippen LogP contribution is -2.25. The number of carbonyl (C=O) groups is 1. The van der Waals surface area contributed by atoms with E-state index in [9.17, 15) is 4.79 Å². The number of unbranched alkanes of at least 4 members (excludes halogenated alkanes) is 2. The third kappa shape index (κ3) is 8.56. The van der Waals surface area contributed by atoms with Gasteiger partial charge in [0.05, 0.1) is 12.1 Å². The van der Waals surface area contributed by atoms with Crippen molar-refractivity contribution in [2.45, 2.75) is 46.1 Å². The first-order valence-electron chi connectivity index (χ1n) is 10.8. The van der Waals surface area contributed by atoms with E-state index in [1.807, 2.05) is 12.1 Å². The van der Waals surface area contributed by atoms with Gasteiger partial charge in [0.1, 0.15) is 5.75 Å². The molecule has 0 aliphatic carbocycles. The third-order valence-corrected chi connectivity index (χ3v) is 5.44. The number of nitrogens with one attached hydrogen (secondary N) is 1. The number of hydrogen-bond acceptors (Lipinski definition) is 3. The maximum Gasteiger partial charge on any atom is 0.248 e. The number of hydrogen-bond donors (Lipinski definition) is 1. The van der Waals surface area contributed by atoms with E-state index in [2.05, 4.69) is 36.2 Å². The number of carbonyl (C=O) groups excluding carboxylic acids is 1. The van der Waals surface area contributed by atoms with E-state index < -0.39 is 0 Å². The van der Waals surface area contributed by atoms with Crippen LogP contribution in [0.1, 0.15) is 50.7 Å². The second kappa shape index (κ2) is 13.4. The molecule has 2 aromatic rings. The standard InChI is InChI=1S/C25H32Cl2N2O2/c1-4-6-14-29(15-7-5-2)18-19-8-11-22(12-9-19)28-24(30)13-10-20-16-21(26)17-23(27)25(20)31-3/h8-13,16-17H,4-7,14-15,18H2,1-3H3,(H,28,30)/b13-10+. The van der Waals surface area contributed by atoms with E-state index in [4.69, 9.17) is 27.9 Å². The van der Waals surface area contributed by atoms with Gasteiger partial charge in [-0.1, -0.05) is 62.0 Å². The van der Waals surface area contributed by atoms with Gasteiger partial charge in [-0.15, -0.1) is 0 Å². The molecule has 0 bridgehead atoms. The van der Waals surface area contributed by atoms with Gasteiger partial charge in [0.15, 0.2) is 0 Å². The molecule has 1 amide bonds. The quantitative estimate of drug-likeness (QED) is 0.343. The van der Waals surface area contributed by atoms with Gasteiger partial charge >= 0.3 is 0 Å². The number of ether oxygens (including phenoxy) is 1. The van der Waals surface area contributed by atoms with Gasteiger partial charge in [-0.05, 0) is 61.8 Å². The molecule has 0 saturated heterocycles. The second-order valence-corrected chi connectivity index (χ2v) is 8.36. The first kappa shape index (κ1) is 25.3. The molecule has 0 spiro atoms. The fourth-order valence-electron chi connectivity index (χ4n) is 3.25. The topological polar surface area (TPSA) is 41.6 Å². The van der Waals surface area contributed by atoms with Crippen LogP contribution in [0.3, 0.4) is 0 Å². The SMILES string of the molecule is CCCCN(CCCC)Cc1ccc(NC(=O)/C=C/c2cc(Cl)cc(Cl)c2OC)cc1. The number of methoxy groups -OCH3 is 1. The monoisotopic (exact) mass is 462 g/mol. The minimum atomic E-state index is -0.238. The van der Waals surface area contributed by atoms with Crippen molar-refractivity contribution >= 4 is 40.9 Å². The molecule has 0 radical (unpaired) electrons. The largest absolute Gasteiger partial charge is 0.495 e. The summed E-state index contributed by atoms with van der Waals surface area (Å²) in [5, 5.41) is 3.76. The first-order valence-corrected chi connectivity index (χ1v) is 11.6. The fraction of sp³-hybridized carbons (Fsp3) is 0.400. The molecular weight excluding hydrogens is 431 g/mol. The molecular formula is C25H32Cl2N2O2. The van der Waals surface area contributed by atoms with E-state index >= 15 is 0 Å². The lowest BCUT2D eigenvalue weighted by Gasteiger charge is -2.22. The Labute approximate surface area is 196 Å². The van der Waals surface area contributed by atoms with Crippen molar-refractivity contribution in [1.82, 2.24) is 4.90 Å². The maximum atomic E-state index is 12.3. The van der Waals surface area contributed by atoms with Crippen LogP contribution in [0.4, 0.5) is 5.69 Å². The summed E-state index contributed by atoms with van der Waals surface area (Å²) >= 11 is 12.2. The Kier molecular flexibility index (Phi) is 10.9. The lowest BCUT2D eigenvalue weighted by molar-refractivity contribution is -0.111. The Morgan fingerprint density at radius 2 is 1.71 bits per heavy atom. The van der Waals surface area contributed by atoms with Crippen molar-refractivity contribution in [3.63, 3.8) is 0 Å². The van der Waals surface area contributed by atoms with Crippen LogP contribution >= 0.6 is 23.2 Å². The average molecular weight is 463 g/mol. The van der Waals surface area contributed by atoms with Gasteiger partial charge in [-0.3, -0.25) is 9.69 Å². The summed E-state index contributed by atoms with van der Waals surface area (Å²) in [4.78, 5) is 14.8. The molecule has 0 unspecified atom stereocenters. The van der Waals surface area contributed by atoms with Gasteiger partial charge < -0.3 is 10.1 Å². The maximum absolute atomic E-state index is 12.3. The van der Waals surface area contributed by atoms with Gasteiger partial charge in [0.2, 0.25) is 5.91 Å². The van der Waals surface area contributed by atoms with Crippen LogP contribution in [-0.2, 0) is 11.3 Å². The predicted molar refractivity (Wildman–Crippen MR) is 132 cm³/mol. The zero-order chi connectivity index (χ0) is 22.6. The van der Waals surface area contributed by atoms with Crippen molar-refractivity contribution in [2.75, 3.05) is 25.5 Å². The Balaban J connectivity index is 1.98. The van der Waals surface area contributed by atoms with Gasteiger partial charge in [-0.2, -0.15) is 0 Å². The summed E-state index contributed by atoms with van der Waals surface area (Å²) in [7, 11) is 1.53.